The van der Waals surface area contributed by atoms with E-state index in [-0.39, 0.29) is 6.61 Å². The number of aryl methyl sites for hydroxylation is 1. The van der Waals surface area contributed by atoms with Gasteiger partial charge in [-0.05, 0) is 25.3 Å². The van der Waals surface area contributed by atoms with Crippen molar-refractivity contribution in [3.05, 3.63) is 41.6 Å². The van der Waals surface area contributed by atoms with E-state index in [1.807, 2.05) is 48.2 Å². The normalized spacial score (nSPS) is 10.7. The predicted molar refractivity (Wildman–Crippen MR) is 66.0 cm³/mol. The molecule has 0 bridgehead atoms. The Morgan fingerprint density at radius 1 is 1.31 bits per heavy atom. The molecule has 0 fully saturated rings. The molecule has 0 aliphatic rings. The van der Waals surface area contributed by atoms with Crippen molar-refractivity contribution in [3.8, 4) is 5.69 Å². The van der Waals surface area contributed by atoms with Gasteiger partial charge in [-0.15, -0.1) is 11.8 Å². The molecular formula is C12H14N2OS. The molecule has 1 heterocycles. The second-order valence-electron chi connectivity index (χ2n) is 3.48. The molecule has 3 nitrogen and oxygen atoms in total. The lowest BCUT2D eigenvalue weighted by molar-refractivity contribution is 0.278. The van der Waals surface area contributed by atoms with Gasteiger partial charge in [0.1, 0.15) is 5.03 Å². The molecule has 4 heteroatoms. The van der Waals surface area contributed by atoms with Gasteiger partial charge in [-0.1, -0.05) is 18.2 Å². The van der Waals surface area contributed by atoms with E-state index >= 15 is 0 Å². The molecule has 0 atom stereocenters. The van der Waals surface area contributed by atoms with Crippen LogP contribution in [0.3, 0.4) is 0 Å². The van der Waals surface area contributed by atoms with Crippen LogP contribution in [0.1, 0.15) is 11.3 Å². The lowest BCUT2D eigenvalue weighted by Crippen LogP contribution is -1.98. The highest BCUT2D eigenvalue weighted by Crippen LogP contribution is 2.26. The van der Waals surface area contributed by atoms with Crippen LogP contribution in [0.25, 0.3) is 5.69 Å². The van der Waals surface area contributed by atoms with Gasteiger partial charge in [0.25, 0.3) is 0 Å². The maximum Gasteiger partial charge on any atom is 0.105 e. The fourth-order valence-corrected chi connectivity index (χ4v) is 2.45. The fraction of sp³-hybridized carbons (Fsp3) is 0.250. The maximum absolute atomic E-state index is 9.32. The molecule has 0 saturated carbocycles. The van der Waals surface area contributed by atoms with Crippen molar-refractivity contribution in [2.24, 2.45) is 0 Å². The summed E-state index contributed by atoms with van der Waals surface area (Å²) in [7, 11) is 0. The first-order valence-electron chi connectivity index (χ1n) is 5.06. The van der Waals surface area contributed by atoms with Gasteiger partial charge in [0, 0.05) is 5.56 Å². The second-order valence-corrected chi connectivity index (χ2v) is 4.27. The Kier molecular flexibility index (Phi) is 3.31. The zero-order valence-corrected chi connectivity index (χ0v) is 10.2. The van der Waals surface area contributed by atoms with Gasteiger partial charge in [-0.3, -0.25) is 0 Å². The highest BCUT2D eigenvalue weighted by Gasteiger charge is 2.14. The Balaban J connectivity index is 2.57. The quantitative estimate of drug-likeness (QED) is 0.829. The minimum atomic E-state index is 0.0365. The smallest absolute Gasteiger partial charge is 0.105 e. The van der Waals surface area contributed by atoms with Crippen LogP contribution >= 0.6 is 11.8 Å². The van der Waals surface area contributed by atoms with Crippen LogP contribution in [0, 0.1) is 6.92 Å². The van der Waals surface area contributed by atoms with E-state index in [0.29, 0.717) is 0 Å². The summed E-state index contributed by atoms with van der Waals surface area (Å²) in [5.41, 5.74) is 2.82. The number of aromatic nitrogens is 2. The molecule has 1 N–H and O–H groups in total. The van der Waals surface area contributed by atoms with Crippen molar-refractivity contribution in [1.29, 1.82) is 0 Å². The van der Waals surface area contributed by atoms with Crippen molar-refractivity contribution in [3.63, 3.8) is 0 Å². The molecule has 0 radical (unpaired) electrons. The number of hydrogen-bond donors (Lipinski definition) is 1. The zero-order valence-electron chi connectivity index (χ0n) is 9.34. The average Bonchev–Trinajstić information content (AvgIpc) is 2.66. The summed E-state index contributed by atoms with van der Waals surface area (Å²) < 4.78 is 1.88. The van der Waals surface area contributed by atoms with E-state index in [0.717, 1.165) is 22.0 Å². The summed E-state index contributed by atoms with van der Waals surface area (Å²) in [6.45, 7) is 1.96. The Labute approximate surface area is 99.1 Å². The topological polar surface area (TPSA) is 38.1 Å². The minimum Gasteiger partial charge on any atom is -0.392 e. The Hall–Kier alpha value is -1.26. The molecule has 0 saturated heterocycles. The number of benzene rings is 1. The molecule has 2 aromatic rings. The third-order valence-electron chi connectivity index (χ3n) is 2.49. The molecule has 0 spiro atoms. The van der Waals surface area contributed by atoms with Crippen molar-refractivity contribution >= 4 is 11.8 Å². The zero-order chi connectivity index (χ0) is 11.5. The Morgan fingerprint density at radius 3 is 2.56 bits per heavy atom. The van der Waals surface area contributed by atoms with E-state index in [9.17, 15) is 5.11 Å². The first-order chi connectivity index (χ1) is 7.77. The van der Waals surface area contributed by atoms with Crippen LogP contribution in [0.2, 0.25) is 0 Å². The summed E-state index contributed by atoms with van der Waals surface area (Å²) in [5, 5.41) is 14.8. The van der Waals surface area contributed by atoms with Gasteiger partial charge in [0.05, 0.1) is 18.0 Å². The first kappa shape index (κ1) is 11.2. The molecule has 2 rings (SSSR count). The highest BCUT2D eigenvalue weighted by atomic mass is 32.2. The van der Waals surface area contributed by atoms with Crippen molar-refractivity contribution in [1.82, 2.24) is 9.78 Å². The Morgan fingerprint density at radius 2 is 2.00 bits per heavy atom. The number of aliphatic hydroxyl groups excluding tert-OH is 1. The number of para-hydroxylation sites is 1. The monoisotopic (exact) mass is 234 g/mol. The fourth-order valence-electron chi connectivity index (χ4n) is 1.67. The van der Waals surface area contributed by atoms with Crippen LogP contribution < -0.4 is 0 Å². The summed E-state index contributed by atoms with van der Waals surface area (Å²) in [6.07, 6.45) is 2.00. The Bertz CT molecular complexity index is 479. The molecule has 0 unspecified atom stereocenters. The number of rotatable bonds is 3. The summed E-state index contributed by atoms with van der Waals surface area (Å²) >= 11 is 1.60. The third kappa shape index (κ3) is 1.86. The van der Waals surface area contributed by atoms with Crippen molar-refractivity contribution in [2.75, 3.05) is 6.26 Å². The molecule has 84 valence electrons. The molecular weight excluding hydrogens is 220 g/mol. The van der Waals surface area contributed by atoms with Gasteiger partial charge in [0.15, 0.2) is 0 Å². The first-order valence-corrected chi connectivity index (χ1v) is 6.29. The lowest BCUT2D eigenvalue weighted by Gasteiger charge is -2.05. The largest absolute Gasteiger partial charge is 0.392 e. The van der Waals surface area contributed by atoms with Crippen LogP contribution in [0.5, 0.6) is 0 Å². The molecule has 1 aromatic heterocycles. The highest BCUT2D eigenvalue weighted by molar-refractivity contribution is 7.98. The number of nitrogens with zero attached hydrogens (tertiary/aromatic N) is 2. The average molecular weight is 234 g/mol. The minimum absolute atomic E-state index is 0.0365. The summed E-state index contributed by atoms with van der Waals surface area (Å²) in [5.74, 6) is 0. The van der Waals surface area contributed by atoms with Gasteiger partial charge >= 0.3 is 0 Å². The molecule has 16 heavy (non-hydrogen) atoms. The van der Waals surface area contributed by atoms with Crippen LogP contribution in [-0.2, 0) is 6.61 Å². The number of thioether (sulfide) groups is 1. The lowest BCUT2D eigenvalue weighted by atomic mass is 10.3. The van der Waals surface area contributed by atoms with E-state index in [2.05, 4.69) is 5.10 Å². The second kappa shape index (κ2) is 4.72. The number of aliphatic hydroxyl groups is 1. The van der Waals surface area contributed by atoms with E-state index in [1.54, 1.807) is 11.8 Å². The van der Waals surface area contributed by atoms with E-state index < -0.39 is 0 Å². The van der Waals surface area contributed by atoms with Gasteiger partial charge in [0.2, 0.25) is 0 Å². The SMILES string of the molecule is CSc1c(CO)c(C)nn1-c1ccccc1. The van der Waals surface area contributed by atoms with Gasteiger partial charge in [-0.25, -0.2) is 4.68 Å². The maximum atomic E-state index is 9.32. The summed E-state index contributed by atoms with van der Waals surface area (Å²) in [4.78, 5) is 0. The van der Waals surface area contributed by atoms with Crippen molar-refractivity contribution in [2.45, 2.75) is 18.6 Å². The third-order valence-corrected chi connectivity index (χ3v) is 3.30. The molecule has 0 aliphatic carbocycles. The molecule has 0 amide bonds. The van der Waals surface area contributed by atoms with Crippen LogP contribution in [0.15, 0.2) is 35.4 Å². The van der Waals surface area contributed by atoms with Gasteiger partial charge in [-0.2, -0.15) is 5.10 Å². The van der Waals surface area contributed by atoms with Crippen LogP contribution in [-0.4, -0.2) is 21.1 Å². The molecule has 1 aromatic carbocycles. The van der Waals surface area contributed by atoms with Crippen molar-refractivity contribution < 1.29 is 5.11 Å². The summed E-state index contributed by atoms with van der Waals surface area (Å²) in [6, 6.07) is 9.95. The van der Waals surface area contributed by atoms with E-state index in [1.165, 1.54) is 0 Å². The number of hydrogen-bond acceptors (Lipinski definition) is 3. The van der Waals surface area contributed by atoms with Gasteiger partial charge < -0.3 is 5.11 Å². The predicted octanol–water partition coefficient (Wildman–Crippen LogP) is 2.39. The molecule has 0 aliphatic heterocycles. The standard InChI is InChI=1S/C12H14N2OS/c1-9-11(8-15)12(16-2)14(13-9)10-6-4-3-5-7-10/h3-7,15H,8H2,1-2H3. The van der Waals surface area contributed by atoms with Crippen LogP contribution in [0.4, 0.5) is 0 Å². The van der Waals surface area contributed by atoms with E-state index in [4.69, 9.17) is 0 Å².